The summed E-state index contributed by atoms with van der Waals surface area (Å²) in [4.78, 5) is 12.0. The number of rotatable bonds is 1. The van der Waals surface area contributed by atoms with Crippen LogP contribution in [-0.4, -0.2) is 5.78 Å². The van der Waals surface area contributed by atoms with E-state index in [9.17, 15) is 9.18 Å². The molecule has 0 N–H and O–H groups in total. The molecule has 1 atom stereocenters. The van der Waals surface area contributed by atoms with Crippen LogP contribution in [0.25, 0.3) is 0 Å². The van der Waals surface area contributed by atoms with Crippen LogP contribution in [-0.2, 0) is 5.85 Å². The van der Waals surface area contributed by atoms with Gasteiger partial charge in [0.2, 0.25) is 5.78 Å². The van der Waals surface area contributed by atoms with E-state index in [0.29, 0.717) is 11.3 Å². The van der Waals surface area contributed by atoms with Crippen LogP contribution in [0.1, 0.15) is 15.9 Å². The number of fused-ring (bicyclic) bond motifs is 1. The van der Waals surface area contributed by atoms with Gasteiger partial charge in [0, 0.05) is 5.56 Å². The number of hydrogen-bond donors (Lipinski definition) is 0. The number of Topliss-reactive ketones (excluding diaryl/α,β-unsaturated/α-hetero) is 1. The summed E-state index contributed by atoms with van der Waals surface area (Å²) < 4.78 is 19.8. The van der Waals surface area contributed by atoms with Crippen molar-refractivity contribution in [1.82, 2.24) is 0 Å². The van der Waals surface area contributed by atoms with Crippen LogP contribution in [0.4, 0.5) is 4.39 Å². The van der Waals surface area contributed by atoms with Gasteiger partial charge >= 0.3 is 5.85 Å². The van der Waals surface area contributed by atoms with E-state index in [1.54, 1.807) is 54.6 Å². The number of ketones is 1. The Balaban J connectivity index is 2.12. The predicted molar refractivity (Wildman–Crippen MR) is 60.6 cm³/mol. The van der Waals surface area contributed by atoms with E-state index in [2.05, 4.69) is 0 Å². The van der Waals surface area contributed by atoms with Crippen LogP contribution in [0.3, 0.4) is 0 Å². The summed E-state index contributed by atoms with van der Waals surface area (Å²) >= 11 is 0. The van der Waals surface area contributed by atoms with Crippen LogP contribution in [0.2, 0.25) is 0 Å². The summed E-state index contributed by atoms with van der Waals surface area (Å²) in [6, 6.07) is 14.8. The molecular weight excluding hydrogens is 219 g/mol. The van der Waals surface area contributed by atoms with E-state index in [-0.39, 0.29) is 5.56 Å². The van der Waals surface area contributed by atoms with E-state index in [0.717, 1.165) is 0 Å². The summed E-state index contributed by atoms with van der Waals surface area (Å²) in [6.07, 6.45) is 0. The van der Waals surface area contributed by atoms with Crippen LogP contribution < -0.4 is 4.74 Å². The van der Waals surface area contributed by atoms with Crippen molar-refractivity contribution in [3.63, 3.8) is 0 Å². The fraction of sp³-hybridized carbons (Fsp3) is 0.0714. The molecule has 0 amide bonds. The lowest BCUT2D eigenvalue weighted by molar-refractivity contribution is -0.0267. The number of benzene rings is 2. The van der Waals surface area contributed by atoms with Crippen molar-refractivity contribution in [2.75, 3.05) is 0 Å². The Hall–Kier alpha value is -2.16. The molecule has 3 heteroatoms. The molecule has 0 saturated carbocycles. The molecule has 0 bridgehead atoms. The first kappa shape index (κ1) is 10.0. The average Bonchev–Trinajstić information content (AvgIpc) is 2.65. The zero-order valence-corrected chi connectivity index (χ0v) is 8.89. The Bertz CT molecular complexity index is 580. The number of para-hydroxylation sites is 1. The highest BCUT2D eigenvalue weighted by Crippen LogP contribution is 2.41. The first-order chi connectivity index (χ1) is 8.22. The maximum absolute atomic E-state index is 14.7. The molecule has 1 heterocycles. The molecule has 1 aliphatic heterocycles. The Labute approximate surface area is 97.7 Å². The molecule has 0 aliphatic carbocycles. The van der Waals surface area contributed by atoms with E-state index in [4.69, 9.17) is 4.74 Å². The second-order valence-corrected chi connectivity index (χ2v) is 3.89. The van der Waals surface area contributed by atoms with Gasteiger partial charge in [-0.25, -0.2) is 0 Å². The topological polar surface area (TPSA) is 26.3 Å². The molecule has 3 rings (SSSR count). The number of halogens is 1. The molecule has 0 radical (unpaired) electrons. The van der Waals surface area contributed by atoms with E-state index in [1.165, 1.54) is 0 Å². The summed E-state index contributed by atoms with van der Waals surface area (Å²) in [5.74, 6) is -2.73. The van der Waals surface area contributed by atoms with Gasteiger partial charge in [-0.3, -0.25) is 4.79 Å². The third-order valence-corrected chi connectivity index (χ3v) is 2.82. The summed E-state index contributed by atoms with van der Waals surface area (Å²) in [5, 5.41) is 0. The number of ether oxygens (including phenoxy) is 1. The van der Waals surface area contributed by atoms with Crippen molar-refractivity contribution in [1.29, 1.82) is 0 Å². The largest absolute Gasteiger partial charge is 0.447 e. The van der Waals surface area contributed by atoms with Gasteiger partial charge in [0.1, 0.15) is 5.75 Å². The fourth-order valence-electron chi connectivity index (χ4n) is 1.96. The van der Waals surface area contributed by atoms with Gasteiger partial charge in [-0.1, -0.05) is 42.5 Å². The zero-order valence-electron chi connectivity index (χ0n) is 8.89. The first-order valence-electron chi connectivity index (χ1n) is 5.29. The highest BCUT2D eigenvalue weighted by Gasteiger charge is 2.50. The zero-order chi connectivity index (χ0) is 11.9. The molecule has 2 nitrogen and oxygen atoms in total. The molecule has 1 aliphatic rings. The van der Waals surface area contributed by atoms with Gasteiger partial charge in [-0.2, -0.15) is 4.39 Å². The minimum Gasteiger partial charge on any atom is -0.447 e. The van der Waals surface area contributed by atoms with Gasteiger partial charge in [0.15, 0.2) is 0 Å². The van der Waals surface area contributed by atoms with E-state index >= 15 is 0 Å². The van der Waals surface area contributed by atoms with E-state index < -0.39 is 11.6 Å². The molecule has 2 aromatic rings. The molecular formula is C14H9FO2. The van der Waals surface area contributed by atoms with Crippen molar-refractivity contribution in [2.24, 2.45) is 0 Å². The van der Waals surface area contributed by atoms with Gasteiger partial charge in [0.25, 0.3) is 0 Å². The van der Waals surface area contributed by atoms with Gasteiger partial charge in [-0.05, 0) is 12.1 Å². The molecule has 0 fully saturated rings. The monoisotopic (exact) mass is 228 g/mol. The molecule has 1 unspecified atom stereocenters. The lowest BCUT2D eigenvalue weighted by Crippen LogP contribution is -2.31. The van der Waals surface area contributed by atoms with Gasteiger partial charge in [0.05, 0.1) is 5.56 Å². The fourth-order valence-corrected chi connectivity index (χ4v) is 1.96. The third-order valence-electron chi connectivity index (χ3n) is 2.82. The first-order valence-corrected chi connectivity index (χ1v) is 5.29. The minimum atomic E-state index is -2.38. The second kappa shape index (κ2) is 3.42. The van der Waals surface area contributed by atoms with Crippen LogP contribution in [0, 0.1) is 0 Å². The van der Waals surface area contributed by atoms with Crippen LogP contribution in [0.5, 0.6) is 5.75 Å². The molecule has 2 aromatic carbocycles. The Kier molecular flexibility index (Phi) is 2.01. The number of carbonyl (C=O) groups excluding carboxylic acids is 1. The number of alkyl halides is 1. The second-order valence-electron chi connectivity index (χ2n) is 3.89. The summed E-state index contributed by atoms with van der Waals surface area (Å²) in [5.41, 5.74) is 0.514. The minimum absolute atomic E-state index is 0.223. The Morgan fingerprint density at radius 1 is 0.941 bits per heavy atom. The smallest absolute Gasteiger partial charge is 0.338 e. The molecule has 17 heavy (non-hydrogen) atoms. The Morgan fingerprint density at radius 2 is 1.59 bits per heavy atom. The van der Waals surface area contributed by atoms with Gasteiger partial charge in [-0.15, -0.1) is 0 Å². The normalized spacial score (nSPS) is 22.1. The third kappa shape index (κ3) is 1.35. The van der Waals surface area contributed by atoms with Gasteiger partial charge < -0.3 is 4.74 Å². The SMILES string of the molecule is O=C1c2ccccc2OC1(F)c1ccccc1. The summed E-state index contributed by atoms with van der Waals surface area (Å²) in [6.45, 7) is 0. The van der Waals surface area contributed by atoms with Crippen molar-refractivity contribution < 1.29 is 13.9 Å². The highest BCUT2D eigenvalue weighted by molar-refractivity contribution is 6.06. The van der Waals surface area contributed by atoms with E-state index in [1.807, 2.05) is 0 Å². The maximum atomic E-state index is 14.7. The van der Waals surface area contributed by atoms with Crippen molar-refractivity contribution in [3.05, 3.63) is 65.7 Å². The molecule has 84 valence electrons. The number of hydrogen-bond acceptors (Lipinski definition) is 2. The number of carbonyl (C=O) groups is 1. The average molecular weight is 228 g/mol. The molecule has 0 aromatic heterocycles. The van der Waals surface area contributed by atoms with Crippen LogP contribution in [0.15, 0.2) is 54.6 Å². The Morgan fingerprint density at radius 3 is 2.29 bits per heavy atom. The summed E-state index contributed by atoms with van der Waals surface area (Å²) in [7, 11) is 0. The lowest BCUT2D eigenvalue weighted by atomic mass is 10.0. The standard InChI is InChI=1S/C14H9FO2/c15-14(10-6-2-1-3-7-10)13(16)11-8-4-5-9-12(11)17-14/h1-9H. The maximum Gasteiger partial charge on any atom is 0.338 e. The van der Waals surface area contributed by atoms with Crippen LogP contribution >= 0.6 is 0 Å². The lowest BCUT2D eigenvalue weighted by Gasteiger charge is -2.17. The van der Waals surface area contributed by atoms with Crippen molar-refractivity contribution in [2.45, 2.75) is 5.85 Å². The van der Waals surface area contributed by atoms with Crippen molar-refractivity contribution >= 4 is 5.78 Å². The highest BCUT2D eigenvalue weighted by atomic mass is 19.2. The molecule has 0 saturated heterocycles. The van der Waals surface area contributed by atoms with Crippen molar-refractivity contribution in [3.8, 4) is 5.75 Å². The molecule has 0 spiro atoms. The quantitative estimate of drug-likeness (QED) is 0.749. The predicted octanol–water partition coefficient (Wildman–Crippen LogP) is 3.08.